The second-order valence-electron chi connectivity index (χ2n) is 8.02. The molecule has 2 N–H and O–H groups in total. The summed E-state index contributed by atoms with van der Waals surface area (Å²) in [6.45, 7) is 4.06. The number of fused-ring (bicyclic) bond motifs is 1. The van der Waals surface area contributed by atoms with E-state index in [0.717, 1.165) is 23.5 Å². The number of ether oxygens (including phenoxy) is 2. The first kappa shape index (κ1) is 21.9. The van der Waals surface area contributed by atoms with Gasteiger partial charge in [-0.2, -0.15) is 0 Å². The molecule has 3 aromatic rings. The number of benzene rings is 3. The van der Waals surface area contributed by atoms with Gasteiger partial charge >= 0.3 is 0 Å². The van der Waals surface area contributed by atoms with Crippen LogP contribution in [-0.4, -0.2) is 32.2 Å². The Balaban J connectivity index is 1.28. The van der Waals surface area contributed by atoms with Gasteiger partial charge in [0.05, 0.1) is 6.54 Å². The lowest BCUT2D eigenvalue weighted by Gasteiger charge is -2.21. The molecule has 1 amide bonds. The zero-order valence-corrected chi connectivity index (χ0v) is 18.4. The fraction of sp³-hybridized carbons (Fsp3) is 0.296. The van der Waals surface area contributed by atoms with E-state index < -0.39 is 0 Å². The van der Waals surface area contributed by atoms with Gasteiger partial charge in [0.1, 0.15) is 13.2 Å². The third kappa shape index (κ3) is 5.68. The first-order valence-electron chi connectivity index (χ1n) is 11.2. The molecule has 0 saturated heterocycles. The van der Waals surface area contributed by atoms with Crippen molar-refractivity contribution in [3.8, 4) is 11.5 Å². The molecule has 1 heterocycles. The SMILES string of the molecule is C[C@H](NCC(=O)NCCC(c1ccccc1)c1ccccc1)c1ccc2c(c1)OCCO2. The first-order valence-corrected chi connectivity index (χ1v) is 11.2. The highest BCUT2D eigenvalue weighted by Crippen LogP contribution is 2.32. The third-order valence-corrected chi connectivity index (χ3v) is 5.79. The molecular weight excluding hydrogens is 400 g/mol. The number of amides is 1. The average Bonchev–Trinajstić information content (AvgIpc) is 2.86. The highest BCUT2D eigenvalue weighted by Gasteiger charge is 2.16. The summed E-state index contributed by atoms with van der Waals surface area (Å²) in [7, 11) is 0. The van der Waals surface area contributed by atoms with Gasteiger partial charge in [0.15, 0.2) is 11.5 Å². The van der Waals surface area contributed by atoms with Gasteiger partial charge in [-0.05, 0) is 42.2 Å². The minimum Gasteiger partial charge on any atom is -0.486 e. The van der Waals surface area contributed by atoms with Crippen molar-refractivity contribution in [3.05, 3.63) is 95.6 Å². The third-order valence-electron chi connectivity index (χ3n) is 5.79. The molecule has 0 radical (unpaired) electrons. The van der Waals surface area contributed by atoms with E-state index in [4.69, 9.17) is 9.47 Å². The fourth-order valence-electron chi connectivity index (χ4n) is 4.01. The topological polar surface area (TPSA) is 59.6 Å². The molecule has 32 heavy (non-hydrogen) atoms. The fourth-order valence-corrected chi connectivity index (χ4v) is 4.01. The molecule has 4 rings (SSSR count). The average molecular weight is 431 g/mol. The summed E-state index contributed by atoms with van der Waals surface area (Å²) in [5, 5.41) is 6.36. The molecular formula is C27H30N2O3. The van der Waals surface area contributed by atoms with E-state index in [1.807, 2.05) is 37.3 Å². The van der Waals surface area contributed by atoms with E-state index in [1.54, 1.807) is 0 Å². The predicted molar refractivity (Wildman–Crippen MR) is 126 cm³/mol. The highest BCUT2D eigenvalue weighted by atomic mass is 16.6. The van der Waals surface area contributed by atoms with Crippen LogP contribution in [0.1, 0.15) is 42.0 Å². The lowest BCUT2D eigenvalue weighted by Crippen LogP contribution is -2.36. The Morgan fingerprint density at radius 3 is 2.12 bits per heavy atom. The van der Waals surface area contributed by atoms with Crippen LogP contribution in [-0.2, 0) is 4.79 Å². The minimum absolute atomic E-state index is 0.00531. The molecule has 5 heteroatoms. The molecule has 1 aliphatic heterocycles. The Morgan fingerprint density at radius 2 is 1.47 bits per heavy atom. The Hall–Kier alpha value is -3.31. The zero-order valence-electron chi connectivity index (χ0n) is 18.4. The van der Waals surface area contributed by atoms with Gasteiger partial charge < -0.3 is 20.1 Å². The number of hydrogen-bond acceptors (Lipinski definition) is 4. The van der Waals surface area contributed by atoms with Gasteiger partial charge in [-0.3, -0.25) is 4.79 Å². The van der Waals surface area contributed by atoms with Crippen LogP contribution < -0.4 is 20.1 Å². The molecule has 1 aliphatic rings. The van der Waals surface area contributed by atoms with Crippen LogP contribution in [0.15, 0.2) is 78.9 Å². The van der Waals surface area contributed by atoms with Crippen molar-refractivity contribution in [3.63, 3.8) is 0 Å². The van der Waals surface area contributed by atoms with E-state index in [1.165, 1.54) is 11.1 Å². The molecule has 166 valence electrons. The molecule has 0 spiro atoms. The molecule has 1 atom stereocenters. The van der Waals surface area contributed by atoms with Crippen molar-refractivity contribution >= 4 is 5.91 Å². The van der Waals surface area contributed by atoms with Crippen LogP contribution in [0.3, 0.4) is 0 Å². The van der Waals surface area contributed by atoms with Gasteiger partial charge in [0.25, 0.3) is 0 Å². The van der Waals surface area contributed by atoms with Crippen molar-refractivity contribution in [2.24, 2.45) is 0 Å². The maximum absolute atomic E-state index is 12.4. The highest BCUT2D eigenvalue weighted by molar-refractivity contribution is 5.78. The van der Waals surface area contributed by atoms with Gasteiger partial charge in [-0.15, -0.1) is 0 Å². The van der Waals surface area contributed by atoms with Crippen LogP contribution >= 0.6 is 0 Å². The number of hydrogen-bond donors (Lipinski definition) is 2. The molecule has 0 aromatic heterocycles. The molecule has 3 aromatic carbocycles. The summed E-state index contributed by atoms with van der Waals surface area (Å²) in [6, 6.07) is 26.8. The van der Waals surface area contributed by atoms with Gasteiger partial charge in [-0.1, -0.05) is 66.7 Å². The van der Waals surface area contributed by atoms with Crippen LogP contribution in [0.5, 0.6) is 11.5 Å². The van der Waals surface area contributed by atoms with Crippen molar-refractivity contribution in [2.75, 3.05) is 26.3 Å². The molecule has 5 nitrogen and oxygen atoms in total. The Kier molecular flexibility index (Phi) is 7.41. The summed E-state index contributed by atoms with van der Waals surface area (Å²) in [5.74, 6) is 1.78. The second-order valence-corrected chi connectivity index (χ2v) is 8.02. The summed E-state index contributed by atoms with van der Waals surface area (Å²) in [4.78, 5) is 12.4. The van der Waals surface area contributed by atoms with E-state index in [9.17, 15) is 4.79 Å². The molecule has 0 fully saturated rings. The van der Waals surface area contributed by atoms with E-state index >= 15 is 0 Å². The largest absolute Gasteiger partial charge is 0.486 e. The monoisotopic (exact) mass is 430 g/mol. The van der Waals surface area contributed by atoms with E-state index in [0.29, 0.717) is 19.8 Å². The summed E-state index contributed by atoms with van der Waals surface area (Å²) in [6.07, 6.45) is 0.845. The molecule has 0 unspecified atom stereocenters. The van der Waals surface area contributed by atoms with E-state index in [2.05, 4.69) is 59.2 Å². The summed E-state index contributed by atoms with van der Waals surface area (Å²) >= 11 is 0. The van der Waals surface area contributed by atoms with Crippen LogP contribution in [0.2, 0.25) is 0 Å². The van der Waals surface area contributed by atoms with Crippen LogP contribution in [0.4, 0.5) is 0 Å². The van der Waals surface area contributed by atoms with Crippen molar-refractivity contribution in [1.82, 2.24) is 10.6 Å². The number of carbonyl (C=O) groups excluding carboxylic acids is 1. The lowest BCUT2D eigenvalue weighted by atomic mass is 9.88. The van der Waals surface area contributed by atoms with Gasteiger partial charge in [-0.25, -0.2) is 0 Å². The normalized spacial score (nSPS) is 13.6. The van der Waals surface area contributed by atoms with Crippen LogP contribution in [0, 0.1) is 0 Å². The van der Waals surface area contributed by atoms with Gasteiger partial charge in [0, 0.05) is 18.5 Å². The molecule has 0 saturated carbocycles. The lowest BCUT2D eigenvalue weighted by molar-refractivity contribution is -0.120. The quantitative estimate of drug-likeness (QED) is 0.527. The van der Waals surface area contributed by atoms with Gasteiger partial charge in [0.2, 0.25) is 5.91 Å². The molecule has 0 aliphatic carbocycles. The number of nitrogens with one attached hydrogen (secondary N) is 2. The Labute approximate surface area is 189 Å². The second kappa shape index (κ2) is 10.8. The van der Waals surface area contributed by atoms with Crippen molar-refractivity contribution < 1.29 is 14.3 Å². The Morgan fingerprint density at radius 1 is 0.844 bits per heavy atom. The summed E-state index contributed by atoms with van der Waals surface area (Å²) < 4.78 is 11.2. The first-order chi connectivity index (χ1) is 15.7. The maximum atomic E-state index is 12.4. The zero-order chi connectivity index (χ0) is 22.2. The summed E-state index contributed by atoms with van der Waals surface area (Å²) in [5.41, 5.74) is 3.59. The Bertz CT molecular complexity index is 968. The number of rotatable bonds is 9. The van der Waals surface area contributed by atoms with E-state index in [-0.39, 0.29) is 24.4 Å². The molecule has 0 bridgehead atoms. The van der Waals surface area contributed by atoms with Crippen molar-refractivity contribution in [2.45, 2.75) is 25.3 Å². The standard InChI is InChI=1S/C27H30N2O3/c1-20(23-12-13-25-26(18-23)32-17-16-31-25)29-19-27(30)28-15-14-24(21-8-4-2-5-9-21)22-10-6-3-7-11-22/h2-13,18,20,24,29H,14-17,19H2,1H3,(H,28,30)/t20-/m0/s1. The number of carbonyl (C=O) groups is 1. The minimum atomic E-state index is -0.00531. The maximum Gasteiger partial charge on any atom is 0.233 e. The predicted octanol–water partition coefficient (Wildman–Crippen LogP) is 4.45. The van der Waals surface area contributed by atoms with Crippen molar-refractivity contribution in [1.29, 1.82) is 0 Å². The van der Waals surface area contributed by atoms with Crippen LogP contribution in [0.25, 0.3) is 0 Å². The smallest absolute Gasteiger partial charge is 0.233 e.